The summed E-state index contributed by atoms with van der Waals surface area (Å²) < 4.78 is 36.5. The van der Waals surface area contributed by atoms with Crippen LogP contribution in [0.1, 0.15) is 61.6 Å². The molecule has 3 aliphatic heterocycles. The molecule has 6 nitrogen and oxygen atoms in total. The second kappa shape index (κ2) is 17.7. The molecule has 3 aliphatic rings. The summed E-state index contributed by atoms with van der Waals surface area (Å²) in [6.45, 7) is 9.88. The Hall–Kier alpha value is -5.06. The van der Waals surface area contributed by atoms with E-state index in [-0.39, 0.29) is 11.6 Å². The number of hydrogen-bond donors (Lipinski definition) is 2. The fourth-order valence-corrected chi connectivity index (χ4v) is 10.7. The zero-order chi connectivity index (χ0) is 43.1. The smallest absolute Gasteiger partial charge is 0.131 e. The van der Waals surface area contributed by atoms with Crippen molar-refractivity contribution < 1.29 is 8.78 Å². The van der Waals surface area contributed by atoms with Crippen molar-refractivity contribution in [3.63, 3.8) is 0 Å². The Labute approximate surface area is 367 Å². The maximum Gasteiger partial charge on any atom is 0.131 e. The van der Waals surface area contributed by atoms with Crippen molar-refractivity contribution in [3.8, 4) is 22.3 Å². The molecule has 3 aromatic heterocycles. The standard InChI is InChI=1S/C19H19FN2.C18H16FN.C14H17BrN2.CH5N/c1-12-13-7-5-8-15-16(14-6-3-4-9-17(14)20)10-22(19(13)15)11-18(12)21-2;1-12-9-10-20-11-16(14-5-2-3-8-17(14)19)15-7-4-6-13(12)18(15)20;1-9-10-5-4-6-11-12(15)7-17(14(10)11)8-13(9)16(2)3;1-2/h3-10,12,18,21H,11H2,1-2H3;2-8,11-12H,9-10H2,1H3;4-7,9,13H,8H2,1-3H3;2H2,1H3. The van der Waals surface area contributed by atoms with Crippen LogP contribution >= 0.6 is 15.9 Å². The first-order chi connectivity index (χ1) is 29.5. The molecule has 0 saturated carbocycles. The lowest BCUT2D eigenvalue weighted by Crippen LogP contribution is -2.39. The average Bonchev–Trinajstić information content (AvgIpc) is 3.95. The number of nitrogens with zero attached hydrogens (tertiary/aromatic N) is 4. The minimum atomic E-state index is -0.163. The highest BCUT2D eigenvalue weighted by molar-refractivity contribution is 9.10. The lowest BCUT2D eigenvalue weighted by atomic mass is 9.88. The maximum absolute atomic E-state index is 14.2. The molecule has 3 N–H and O–H groups in total. The van der Waals surface area contributed by atoms with E-state index in [2.05, 4.69) is 154 Å². The van der Waals surface area contributed by atoms with Crippen LogP contribution in [0.3, 0.4) is 0 Å². The normalized spacial score (nSPS) is 19.8. The van der Waals surface area contributed by atoms with Gasteiger partial charge < -0.3 is 29.7 Å². The van der Waals surface area contributed by atoms with Gasteiger partial charge in [0.1, 0.15) is 11.6 Å². The molecule has 0 saturated heterocycles. The number of halogens is 3. The Balaban J connectivity index is 0.000000125. The van der Waals surface area contributed by atoms with Crippen LogP contribution in [0.4, 0.5) is 8.78 Å². The van der Waals surface area contributed by atoms with Gasteiger partial charge in [-0.1, -0.05) is 112 Å². The van der Waals surface area contributed by atoms with Crippen molar-refractivity contribution in [2.75, 3.05) is 28.2 Å². The number of para-hydroxylation sites is 3. The number of likely N-dealkylation sites (N-methyl/N-ethyl adjacent to an activating group) is 2. The number of rotatable bonds is 4. The van der Waals surface area contributed by atoms with E-state index in [9.17, 15) is 8.78 Å². The third-order valence-corrected chi connectivity index (χ3v) is 14.0. The van der Waals surface area contributed by atoms with Crippen LogP contribution in [-0.2, 0) is 19.6 Å². The minimum Gasteiger partial charge on any atom is -0.347 e. The Morgan fingerprint density at radius 2 is 1.08 bits per heavy atom. The zero-order valence-corrected chi connectivity index (χ0v) is 37.8. The highest BCUT2D eigenvalue weighted by atomic mass is 79.9. The lowest BCUT2D eigenvalue weighted by molar-refractivity contribution is 0.228. The van der Waals surface area contributed by atoms with Gasteiger partial charge >= 0.3 is 0 Å². The molecule has 61 heavy (non-hydrogen) atoms. The van der Waals surface area contributed by atoms with Gasteiger partial charge in [0.05, 0.1) is 16.6 Å². The summed E-state index contributed by atoms with van der Waals surface area (Å²) in [5.74, 6) is 1.30. The molecule has 5 aromatic carbocycles. The monoisotopic (exact) mass is 882 g/mol. The van der Waals surface area contributed by atoms with Crippen molar-refractivity contribution in [3.05, 3.63) is 155 Å². The number of benzene rings is 5. The van der Waals surface area contributed by atoms with Crippen LogP contribution in [0, 0.1) is 11.6 Å². The molecule has 0 spiro atoms. The summed E-state index contributed by atoms with van der Waals surface area (Å²) >= 11 is 3.66. The SMILES string of the molecule is CC1CCn2cc(-c3ccccc3F)c3cccc1c32.CC1c2cccc3c(Br)cn(c23)CC1N(C)C.CN.CNC1Cn2cc(-c3ccccc3F)c3cccc(c32)C1C. The van der Waals surface area contributed by atoms with Crippen LogP contribution in [0.5, 0.6) is 0 Å². The van der Waals surface area contributed by atoms with Gasteiger partial charge in [0, 0.05) is 105 Å². The van der Waals surface area contributed by atoms with Gasteiger partial charge in [0.25, 0.3) is 0 Å². The van der Waals surface area contributed by atoms with Crippen molar-refractivity contribution >= 4 is 48.6 Å². The molecule has 5 atom stereocenters. The molecule has 0 bridgehead atoms. The molecule has 9 heteroatoms. The quantitative estimate of drug-likeness (QED) is 0.185. The van der Waals surface area contributed by atoms with Gasteiger partial charge in [-0.05, 0) is 85.3 Å². The summed E-state index contributed by atoms with van der Waals surface area (Å²) in [4.78, 5) is 2.33. The van der Waals surface area contributed by atoms with Crippen LogP contribution in [0.15, 0.2) is 126 Å². The predicted molar refractivity (Wildman–Crippen MR) is 255 cm³/mol. The molecule has 0 aliphatic carbocycles. The highest BCUT2D eigenvalue weighted by Gasteiger charge is 2.30. The molecule has 11 rings (SSSR count). The number of nitrogens with one attached hydrogen (secondary N) is 1. The zero-order valence-electron chi connectivity index (χ0n) is 36.3. The van der Waals surface area contributed by atoms with Gasteiger partial charge in [-0.15, -0.1) is 0 Å². The molecule has 8 aromatic rings. The van der Waals surface area contributed by atoms with E-state index in [0.717, 1.165) is 42.6 Å². The molecular formula is C52H57BrF2N6. The van der Waals surface area contributed by atoms with E-state index in [4.69, 9.17) is 0 Å². The second-order valence-corrected chi connectivity index (χ2v) is 17.8. The first-order valence-electron chi connectivity index (χ1n) is 21.5. The van der Waals surface area contributed by atoms with E-state index < -0.39 is 0 Å². The minimum absolute atomic E-state index is 0.149. The summed E-state index contributed by atoms with van der Waals surface area (Å²) in [5.41, 5.74) is 16.0. The van der Waals surface area contributed by atoms with Crippen molar-refractivity contribution in [1.82, 2.24) is 23.9 Å². The summed E-state index contributed by atoms with van der Waals surface area (Å²) in [6, 6.07) is 34.4. The third-order valence-electron chi connectivity index (χ3n) is 13.4. The Morgan fingerprint density at radius 1 is 0.590 bits per heavy atom. The fraction of sp³-hybridized carbons (Fsp3) is 0.308. The lowest BCUT2D eigenvalue weighted by Gasteiger charge is -2.35. The first-order valence-corrected chi connectivity index (χ1v) is 22.3. The maximum atomic E-state index is 14.2. The summed E-state index contributed by atoms with van der Waals surface area (Å²) in [5, 5.41) is 7.05. The highest BCUT2D eigenvalue weighted by Crippen LogP contribution is 2.42. The number of hydrogen-bond acceptors (Lipinski definition) is 3. The third kappa shape index (κ3) is 7.64. The Bertz CT molecular complexity index is 2830. The second-order valence-electron chi connectivity index (χ2n) is 16.9. The van der Waals surface area contributed by atoms with Gasteiger partial charge in [0.2, 0.25) is 0 Å². The largest absolute Gasteiger partial charge is 0.347 e. The fourth-order valence-electron chi connectivity index (χ4n) is 10.1. The van der Waals surface area contributed by atoms with Gasteiger partial charge in [-0.25, -0.2) is 8.78 Å². The van der Waals surface area contributed by atoms with Gasteiger partial charge in [0.15, 0.2) is 0 Å². The van der Waals surface area contributed by atoms with E-state index in [0.29, 0.717) is 41.0 Å². The van der Waals surface area contributed by atoms with Crippen molar-refractivity contribution in [2.45, 2.75) is 76.7 Å². The summed E-state index contributed by atoms with van der Waals surface area (Å²) in [6.07, 6.45) is 7.58. The number of aromatic nitrogens is 3. The predicted octanol–water partition coefficient (Wildman–Crippen LogP) is 12.1. The van der Waals surface area contributed by atoms with Crippen molar-refractivity contribution in [2.24, 2.45) is 5.73 Å². The topological polar surface area (TPSA) is 56.1 Å². The van der Waals surface area contributed by atoms with Crippen LogP contribution < -0.4 is 11.1 Å². The van der Waals surface area contributed by atoms with Crippen LogP contribution in [-0.4, -0.2) is 58.9 Å². The number of aryl methyl sites for hydroxylation is 1. The van der Waals surface area contributed by atoms with Crippen LogP contribution in [0.2, 0.25) is 0 Å². The molecule has 0 amide bonds. The van der Waals surface area contributed by atoms with Gasteiger partial charge in [-0.2, -0.15) is 0 Å². The van der Waals surface area contributed by atoms with Crippen LogP contribution in [0.25, 0.3) is 55.0 Å². The first kappa shape index (κ1) is 42.6. The Morgan fingerprint density at radius 3 is 1.66 bits per heavy atom. The molecule has 5 unspecified atom stereocenters. The molecule has 0 radical (unpaired) electrons. The Kier molecular flexibility index (Phi) is 12.4. The average molecular weight is 884 g/mol. The van der Waals surface area contributed by atoms with E-state index in [1.165, 1.54) is 67.7 Å². The molecule has 6 heterocycles. The molecular weight excluding hydrogens is 827 g/mol. The van der Waals surface area contributed by atoms with E-state index in [1.54, 1.807) is 12.1 Å². The van der Waals surface area contributed by atoms with E-state index >= 15 is 0 Å². The molecule has 316 valence electrons. The van der Waals surface area contributed by atoms with Gasteiger partial charge in [-0.3, -0.25) is 0 Å². The number of nitrogens with two attached hydrogens (primary N) is 1. The molecule has 0 fully saturated rings. The summed E-state index contributed by atoms with van der Waals surface area (Å²) in [7, 11) is 7.85. The van der Waals surface area contributed by atoms with E-state index in [1.807, 2.05) is 31.3 Å². The van der Waals surface area contributed by atoms with Crippen molar-refractivity contribution in [1.29, 1.82) is 0 Å².